The van der Waals surface area contributed by atoms with Crippen molar-refractivity contribution in [1.29, 1.82) is 0 Å². The topological polar surface area (TPSA) is 53.7 Å². The summed E-state index contributed by atoms with van der Waals surface area (Å²) in [6.45, 7) is 2.05. The van der Waals surface area contributed by atoms with E-state index in [-0.39, 0.29) is 0 Å². The summed E-state index contributed by atoms with van der Waals surface area (Å²) < 4.78 is 22.6. The Bertz CT molecular complexity index is 1100. The molecule has 0 amide bonds. The second kappa shape index (κ2) is 7.27. The number of rotatable bonds is 5. The van der Waals surface area contributed by atoms with Gasteiger partial charge in [-0.3, -0.25) is 0 Å². The van der Waals surface area contributed by atoms with Crippen LogP contribution in [0, 0.1) is 6.92 Å². The first-order valence-electron chi connectivity index (χ1n) is 8.91. The van der Waals surface area contributed by atoms with Crippen LogP contribution in [-0.2, 0) is 0 Å². The zero-order chi connectivity index (χ0) is 19.7. The Kier molecular flexibility index (Phi) is 4.65. The van der Waals surface area contributed by atoms with Gasteiger partial charge in [0.15, 0.2) is 17.1 Å². The van der Waals surface area contributed by atoms with Crippen LogP contribution >= 0.6 is 0 Å². The number of hydrogen-bond acceptors (Lipinski definition) is 5. The molecule has 1 heterocycles. The fourth-order valence-corrected chi connectivity index (χ4v) is 3.23. The van der Waals surface area contributed by atoms with E-state index in [1.54, 1.807) is 21.3 Å². The van der Waals surface area contributed by atoms with Crippen molar-refractivity contribution in [3.8, 4) is 39.8 Å². The number of fused-ring (bicyclic) bond motifs is 1. The zero-order valence-corrected chi connectivity index (χ0v) is 16.3. The molecular weight excluding hydrogens is 354 g/mol. The third-order valence-corrected chi connectivity index (χ3v) is 4.69. The van der Waals surface area contributed by atoms with Gasteiger partial charge in [-0.2, -0.15) is 0 Å². The Hall–Kier alpha value is -3.47. The largest absolute Gasteiger partial charge is 0.493 e. The summed E-state index contributed by atoms with van der Waals surface area (Å²) in [5.74, 6) is 2.33. The monoisotopic (exact) mass is 375 g/mol. The molecular formula is C23H21NO4. The summed E-state index contributed by atoms with van der Waals surface area (Å²) in [7, 11) is 4.79. The molecule has 0 N–H and O–H groups in total. The first kappa shape index (κ1) is 17.9. The molecule has 5 heteroatoms. The number of para-hydroxylation sites is 1. The number of aryl methyl sites for hydroxylation is 1. The van der Waals surface area contributed by atoms with Crippen LogP contribution in [0.15, 0.2) is 59.0 Å². The van der Waals surface area contributed by atoms with Crippen molar-refractivity contribution in [2.75, 3.05) is 21.3 Å². The van der Waals surface area contributed by atoms with Crippen molar-refractivity contribution < 1.29 is 18.6 Å². The molecule has 0 aliphatic rings. The van der Waals surface area contributed by atoms with Gasteiger partial charge in [-0.05, 0) is 42.8 Å². The van der Waals surface area contributed by atoms with Crippen LogP contribution in [0.4, 0.5) is 0 Å². The molecule has 0 unspecified atom stereocenters. The van der Waals surface area contributed by atoms with Crippen LogP contribution in [0.2, 0.25) is 0 Å². The summed E-state index contributed by atoms with van der Waals surface area (Å²) in [4.78, 5) is 4.66. The third kappa shape index (κ3) is 3.05. The van der Waals surface area contributed by atoms with Gasteiger partial charge in [0, 0.05) is 11.1 Å². The van der Waals surface area contributed by atoms with Gasteiger partial charge in [-0.25, -0.2) is 4.98 Å². The van der Waals surface area contributed by atoms with Crippen molar-refractivity contribution in [1.82, 2.24) is 4.98 Å². The van der Waals surface area contributed by atoms with E-state index in [0.717, 1.165) is 22.2 Å². The maximum atomic E-state index is 6.16. The lowest BCUT2D eigenvalue weighted by molar-refractivity contribution is 0.324. The maximum Gasteiger partial charge on any atom is 0.227 e. The van der Waals surface area contributed by atoms with E-state index < -0.39 is 0 Å². The number of nitrogens with zero attached hydrogens (tertiary/aromatic N) is 1. The van der Waals surface area contributed by atoms with Crippen molar-refractivity contribution >= 4 is 11.1 Å². The molecule has 0 spiro atoms. The number of oxazole rings is 1. The summed E-state index contributed by atoms with van der Waals surface area (Å²) in [6, 6.07) is 17.8. The van der Waals surface area contributed by atoms with E-state index in [2.05, 4.69) is 11.9 Å². The molecule has 0 radical (unpaired) electrons. The number of methoxy groups -OCH3 is 3. The van der Waals surface area contributed by atoms with E-state index in [4.69, 9.17) is 18.6 Å². The Labute approximate surface area is 163 Å². The minimum Gasteiger partial charge on any atom is -0.493 e. The van der Waals surface area contributed by atoms with Crippen LogP contribution in [0.25, 0.3) is 33.7 Å². The van der Waals surface area contributed by atoms with Crippen LogP contribution in [0.5, 0.6) is 17.2 Å². The molecule has 0 saturated heterocycles. The van der Waals surface area contributed by atoms with Crippen molar-refractivity contribution in [2.24, 2.45) is 0 Å². The maximum absolute atomic E-state index is 6.16. The fourth-order valence-electron chi connectivity index (χ4n) is 3.23. The number of aromatic nitrogens is 1. The summed E-state index contributed by atoms with van der Waals surface area (Å²) in [5.41, 5.74) is 5.44. The van der Waals surface area contributed by atoms with E-state index in [1.807, 2.05) is 54.6 Å². The lowest BCUT2D eigenvalue weighted by Gasteiger charge is -2.14. The molecule has 0 fully saturated rings. The minimum atomic E-state index is 0.554. The molecule has 0 atom stereocenters. The van der Waals surface area contributed by atoms with Crippen LogP contribution < -0.4 is 14.2 Å². The van der Waals surface area contributed by atoms with Crippen LogP contribution in [0.1, 0.15) is 5.56 Å². The molecule has 1 aromatic heterocycles. The highest BCUT2D eigenvalue weighted by atomic mass is 16.5. The highest BCUT2D eigenvalue weighted by molar-refractivity contribution is 5.92. The molecule has 4 aromatic rings. The first-order chi connectivity index (χ1) is 13.6. The quantitative estimate of drug-likeness (QED) is 0.461. The standard InChI is InChI=1S/C23H21NO4/c1-14-8-10-15(11-9-14)23-24-18-7-5-6-17(21(18)28-23)16-12-19(25-2)22(27-4)20(13-16)26-3/h5-13H,1-4H3. The summed E-state index contributed by atoms with van der Waals surface area (Å²) >= 11 is 0. The molecule has 0 saturated carbocycles. The average Bonchev–Trinajstić information content (AvgIpc) is 3.17. The summed E-state index contributed by atoms with van der Waals surface area (Å²) in [6.07, 6.45) is 0. The smallest absolute Gasteiger partial charge is 0.227 e. The Morgan fingerprint density at radius 2 is 1.46 bits per heavy atom. The third-order valence-electron chi connectivity index (χ3n) is 4.69. The highest BCUT2D eigenvalue weighted by Gasteiger charge is 2.18. The van der Waals surface area contributed by atoms with Gasteiger partial charge in [0.05, 0.1) is 21.3 Å². The van der Waals surface area contributed by atoms with Gasteiger partial charge < -0.3 is 18.6 Å². The van der Waals surface area contributed by atoms with Gasteiger partial charge in [0.25, 0.3) is 0 Å². The lowest BCUT2D eigenvalue weighted by atomic mass is 10.0. The van der Waals surface area contributed by atoms with Crippen molar-refractivity contribution in [2.45, 2.75) is 6.92 Å². The van der Waals surface area contributed by atoms with Gasteiger partial charge >= 0.3 is 0 Å². The van der Waals surface area contributed by atoms with Gasteiger partial charge in [0.2, 0.25) is 11.6 Å². The Morgan fingerprint density at radius 3 is 2.07 bits per heavy atom. The van der Waals surface area contributed by atoms with Gasteiger partial charge in [0.1, 0.15) is 5.52 Å². The van der Waals surface area contributed by atoms with Crippen molar-refractivity contribution in [3.63, 3.8) is 0 Å². The van der Waals surface area contributed by atoms with Gasteiger partial charge in [-0.1, -0.05) is 29.8 Å². The predicted octanol–water partition coefficient (Wildman–Crippen LogP) is 5.50. The van der Waals surface area contributed by atoms with E-state index >= 15 is 0 Å². The molecule has 0 aliphatic carbocycles. The van der Waals surface area contributed by atoms with Crippen LogP contribution in [0.3, 0.4) is 0 Å². The normalized spacial score (nSPS) is 10.9. The SMILES string of the molecule is COc1cc(-c2cccc3nc(-c4ccc(C)cc4)oc23)cc(OC)c1OC. The minimum absolute atomic E-state index is 0.554. The zero-order valence-electron chi connectivity index (χ0n) is 16.3. The van der Waals surface area contributed by atoms with E-state index in [0.29, 0.717) is 28.7 Å². The highest BCUT2D eigenvalue weighted by Crippen LogP contribution is 2.43. The molecule has 0 aliphatic heterocycles. The second-order valence-corrected chi connectivity index (χ2v) is 6.45. The fraction of sp³-hybridized carbons (Fsp3) is 0.174. The molecule has 28 heavy (non-hydrogen) atoms. The number of hydrogen-bond donors (Lipinski definition) is 0. The molecule has 3 aromatic carbocycles. The van der Waals surface area contributed by atoms with Crippen LogP contribution in [-0.4, -0.2) is 26.3 Å². The molecule has 5 nitrogen and oxygen atoms in total. The molecule has 0 bridgehead atoms. The molecule has 142 valence electrons. The number of benzene rings is 3. The second-order valence-electron chi connectivity index (χ2n) is 6.45. The first-order valence-corrected chi connectivity index (χ1v) is 8.91. The van der Waals surface area contributed by atoms with E-state index in [9.17, 15) is 0 Å². The van der Waals surface area contributed by atoms with Gasteiger partial charge in [-0.15, -0.1) is 0 Å². The van der Waals surface area contributed by atoms with Crippen molar-refractivity contribution in [3.05, 3.63) is 60.2 Å². The average molecular weight is 375 g/mol. The Morgan fingerprint density at radius 1 is 0.786 bits per heavy atom. The predicted molar refractivity (Wildman–Crippen MR) is 109 cm³/mol. The summed E-state index contributed by atoms with van der Waals surface area (Å²) in [5, 5.41) is 0. The van der Waals surface area contributed by atoms with E-state index in [1.165, 1.54) is 5.56 Å². The Balaban J connectivity index is 1.89. The number of ether oxygens (including phenoxy) is 3. The molecule has 4 rings (SSSR count). The lowest BCUT2D eigenvalue weighted by Crippen LogP contribution is -1.95.